The Morgan fingerprint density at radius 1 is 1.06 bits per heavy atom. The first-order valence-corrected chi connectivity index (χ1v) is 10.8. The first-order chi connectivity index (χ1) is 15.7. The van der Waals surface area contributed by atoms with Gasteiger partial charge in [0.1, 0.15) is 5.75 Å². The van der Waals surface area contributed by atoms with E-state index in [1.54, 1.807) is 23.1 Å². The van der Waals surface area contributed by atoms with E-state index in [1.807, 2.05) is 0 Å². The third-order valence-electron chi connectivity index (χ3n) is 6.36. The molecule has 0 saturated carbocycles. The first kappa shape index (κ1) is 21.5. The largest absolute Gasteiger partial charge is 0.507 e. The van der Waals surface area contributed by atoms with E-state index in [0.29, 0.717) is 66.8 Å². The summed E-state index contributed by atoms with van der Waals surface area (Å²) < 4.78 is 42.7. The Balaban J connectivity index is 1.76. The second-order valence-corrected chi connectivity index (χ2v) is 8.48. The molecule has 2 N–H and O–H groups in total. The molecule has 5 rings (SSSR count). The van der Waals surface area contributed by atoms with Crippen molar-refractivity contribution in [3.05, 3.63) is 69.5 Å². The van der Waals surface area contributed by atoms with Gasteiger partial charge in [-0.2, -0.15) is 23.0 Å². The van der Waals surface area contributed by atoms with Crippen molar-refractivity contribution in [1.29, 1.82) is 0 Å². The lowest BCUT2D eigenvalue weighted by atomic mass is 10.0. The van der Waals surface area contributed by atoms with Crippen molar-refractivity contribution in [3.8, 4) is 22.7 Å². The van der Waals surface area contributed by atoms with Gasteiger partial charge in [0.25, 0.3) is 5.56 Å². The number of alkyl halides is 3. The Morgan fingerprint density at radius 2 is 1.82 bits per heavy atom. The minimum absolute atomic E-state index is 0.0554. The molecule has 0 unspecified atom stereocenters. The van der Waals surface area contributed by atoms with Gasteiger partial charge in [0.2, 0.25) is 0 Å². The number of para-hydroxylation sites is 1. The fourth-order valence-electron chi connectivity index (χ4n) is 4.74. The summed E-state index contributed by atoms with van der Waals surface area (Å²) >= 11 is 0. The maximum atomic E-state index is 14.0. The standard InChI is InChI=1S/C24H22F3N3O3/c25-24(26,27)19-9-8-14(29-11-10-15(31)13-29)12-20(19)30-23(33)17-6-3-5-16(17)22(28-30)18-4-1-2-7-21(18)32/h1-2,4,7-9,12,15,31-32H,3,5-6,10-11,13H2/t15-/m0/s1. The molecule has 2 heterocycles. The van der Waals surface area contributed by atoms with Gasteiger partial charge in [0.05, 0.1) is 23.0 Å². The van der Waals surface area contributed by atoms with Crippen LogP contribution in [0.4, 0.5) is 18.9 Å². The van der Waals surface area contributed by atoms with Crippen molar-refractivity contribution in [2.24, 2.45) is 0 Å². The Morgan fingerprint density at radius 3 is 2.52 bits per heavy atom. The van der Waals surface area contributed by atoms with Crippen LogP contribution in [0.15, 0.2) is 47.3 Å². The number of hydrogen-bond acceptors (Lipinski definition) is 5. The molecule has 1 aliphatic heterocycles. The second-order valence-electron chi connectivity index (χ2n) is 8.48. The fraction of sp³-hybridized carbons (Fsp3) is 0.333. The number of rotatable bonds is 3. The van der Waals surface area contributed by atoms with Gasteiger partial charge in [0, 0.05) is 29.9 Å². The number of phenolic OH excluding ortho intramolecular Hbond substituents is 1. The Kier molecular flexibility index (Phi) is 5.16. The summed E-state index contributed by atoms with van der Waals surface area (Å²) in [6, 6.07) is 10.1. The monoisotopic (exact) mass is 457 g/mol. The van der Waals surface area contributed by atoms with Crippen LogP contribution in [0.3, 0.4) is 0 Å². The van der Waals surface area contributed by atoms with Crippen molar-refractivity contribution in [2.45, 2.75) is 38.0 Å². The number of fused-ring (bicyclic) bond motifs is 1. The molecule has 1 fully saturated rings. The van der Waals surface area contributed by atoms with Crippen LogP contribution in [0.2, 0.25) is 0 Å². The minimum Gasteiger partial charge on any atom is -0.507 e. The number of phenols is 1. The van der Waals surface area contributed by atoms with E-state index in [-0.39, 0.29) is 11.4 Å². The number of aliphatic hydroxyl groups is 1. The highest BCUT2D eigenvalue weighted by molar-refractivity contribution is 5.71. The molecule has 0 bridgehead atoms. The molecular weight excluding hydrogens is 435 g/mol. The van der Waals surface area contributed by atoms with E-state index in [0.717, 1.165) is 10.7 Å². The van der Waals surface area contributed by atoms with Crippen LogP contribution in [0.25, 0.3) is 16.9 Å². The third kappa shape index (κ3) is 3.76. The Hall–Kier alpha value is -3.33. The highest BCUT2D eigenvalue weighted by Gasteiger charge is 2.36. The molecular formula is C24H22F3N3O3. The average Bonchev–Trinajstić information content (AvgIpc) is 3.43. The van der Waals surface area contributed by atoms with Crippen LogP contribution >= 0.6 is 0 Å². The van der Waals surface area contributed by atoms with Gasteiger partial charge in [-0.3, -0.25) is 4.79 Å². The number of benzene rings is 2. The normalized spacial score (nSPS) is 18.1. The molecule has 2 aromatic carbocycles. The number of β-amino-alcohol motifs (C(OH)–C–C–N with tert-alkyl or cyclic N) is 1. The zero-order valence-corrected chi connectivity index (χ0v) is 17.6. The van der Waals surface area contributed by atoms with Gasteiger partial charge in [-0.1, -0.05) is 12.1 Å². The lowest BCUT2D eigenvalue weighted by molar-refractivity contribution is -0.137. The lowest BCUT2D eigenvalue weighted by Crippen LogP contribution is -2.29. The molecule has 0 amide bonds. The van der Waals surface area contributed by atoms with Crippen LogP contribution in [0.1, 0.15) is 29.5 Å². The topological polar surface area (TPSA) is 78.6 Å². The van der Waals surface area contributed by atoms with Crippen LogP contribution < -0.4 is 10.5 Å². The van der Waals surface area contributed by atoms with Crippen LogP contribution in [-0.2, 0) is 19.0 Å². The summed E-state index contributed by atoms with van der Waals surface area (Å²) in [6.07, 6.45) is -3.03. The first-order valence-electron chi connectivity index (χ1n) is 10.8. The summed E-state index contributed by atoms with van der Waals surface area (Å²) in [4.78, 5) is 15.1. The summed E-state index contributed by atoms with van der Waals surface area (Å²) in [6.45, 7) is 0.808. The van der Waals surface area contributed by atoms with Gasteiger partial charge >= 0.3 is 6.18 Å². The zero-order chi connectivity index (χ0) is 23.3. The lowest BCUT2D eigenvalue weighted by Gasteiger charge is -2.22. The summed E-state index contributed by atoms with van der Waals surface area (Å²) in [5.41, 5.74) is 0.355. The molecule has 1 aliphatic carbocycles. The van der Waals surface area contributed by atoms with E-state index >= 15 is 0 Å². The predicted molar refractivity (Wildman–Crippen MR) is 117 cm³/mol. The van der Waals surface area contributed by atoms with Gasteiger partial charge in [0.15, 0.2) is 0 Å². The average molecular weight is 457 g/mol. The SMILES string of the molecule is O=c1c2c(c(-c3ccccc3O)nn1-c1cc(N3CC[C@H](O)C3)ccc1C(F)(F)F)CCC2. The molecule has 1 atom stereocenters. The Bertz CT molecular complexity index is 1290. The number of nitrogens with zero attached hydrogens (tertiary/aromatic N) is 3. The quantitative estimate of drug-likeness (QED) is 0.628. The van der Waals surface area contributed by atoms with E-state index in [1.165, 1.54) is 18.2 Å². The number of anilines is 1. The van der Waals surface area contributed by atoms with Crippen molar-refractivity contribution in [1.82, 2.24) is 9.78 Å². The van der Waals surface area contributed by atoms with Crippen molar-refractivity contribution in [2.75, 3.05) is 18.0 Å². The summed E-state index contributed by atoms with van der Waals surface area (Å²) in [5.74, 6) is -0.0554. The van der Waals surface area contributed by atoms with Crippen molar-refractivity contribution < 1.29 is 23.4 Å². The van der Waals surface area contributed by atoms with E-state index in [9.17, 15) is 28.2 Å². The third-order valence-corrected chi connectivity index (χ3v) is 6.36. The molecule has 2 aliphatic rings. The maximum absolute atomic E-state index is 14.0. The zero-order valence-electron chi connectivity index (χ0n) is 17.6. The number of aromatic nitrogens is 2. The number of aromatic hydroxyl groups is 1. The summed E-state index contributed by atoms with van der Waals surface area (Å²) in [5, 5.41) is 24.6. The highest BCUT2D eigenvalue weighted by atomic mass is 19.4. The van der Waals surface area contributed by atoms with E-state index in [4.69, 9.17) is 0 Å². The number of halogens is 3. The highest BCUT2D eigenvalue weighted by Crippen LogP contribution is 2.38. The Labute approximate surface area is 187 Å². The van der Waals surface area contributed by atoms with Crippen LogP contribution in [0, 0.1) is 0 Å². The second kappa shape index (κ2) is 7.91. The molecule has 1 aromatic heterocycles. The fourth-order valence-corrected chi connectivity index (χ4v) is 4.74. The molecule has 0 spiro atoms. The molecule has 1 saturated heterocycles. The van der Waals surface area contributed by atoms with Gasteiger partial charge in [-0.25, -0.2) is 0 Å². The predicted octanol–water partition coefficient (Wildman–Crippen LogP) is 3.68. The minimum atomic E-state index is -4.70. The van der Waals surface area contributed by atoms with Gasteiger partial charge < -0.3 is 15.1 Å². The van der Waals surface area contributed by atoms with Crippen molar-refractivity contribution in [3.63, 3.8) is 0 Å². The van der Waals surface area contributed by atoms with E-state index < -0.39 is 23.4 Å². The molecule has 172 valence electrons. The smallest absolute Gasteiger partial charge is 0.418 e. The molecule has 3 aromatic rings. The van der Waals surface area contributed by atoms with Gasteiger partial charge in [-0.15, -0.1) is 0 Å². The maximum Gasteiger partial charge on any atom is 0.418 e. The molecule has 33 heavy (non-hydrogen) atoms. The van der Waals surface area contributed by atoms with Gasteiger partial charge in [-0.05, 0) is 61.6 Å². The van der Waals surface area contributed by atoms with Crippen molar-refractivity contribution >= 4 is 5.69 Å². The van der Waals surface area contributed by atoms with Crippen LogP contribution in [0.5, 0.6) is 5.75 Å². The van der Waals surface area contributed by atoms with Crippen LogP contribution in [-0.4, -0.2) is 39.2 Å². The molecule has 6 nitrogen and oxygen atoms in total. The molecule has 9 heteroatoms. The molecule has 0 radical (unpaired) electrons. The van der Waals surface area contributed by atoms with E-state index in [2.05, 4.69) is 5.10 Å². The number of hydrogen-bond donors (Lipinski definition) is 2. The number of aliphatic hydroxyl groups excluding tert-OH is 1. The summed E-state index contributed by atoms with van der Waals surface area (Å²) in [7, 11) is 0.